The summed E-state index contributed by atoms with van der Waals surface area (Å²) in [6.45, 7) is 6.36. The number of carbonyl (C=O) groups is 1. The van der Waals surface area contributed by atoms with Crippen molar-refractivity contribution in [1.29, 1.82) is 0 Å². The van der Waals surface area contributed by atoms with Crippen molar-refractivity contribution < 1.29 is 9.53 Å². The molecule has 1 aromatic carbocycles. The van der Waals surface area contributed by atoms with Gasteiger partial charge in [0.2, 0.25) is 0 Å². The third kappa shape index (κ3) is 3.94. The molecule has 1 aromatic heterocycles. The molecule has 0 radical (unpaired) electrons. The van der Waals surface area contributed by atoms with Crippen molar-refractivity contribution >= 4 is 11.5 Å². The van der Waals surface area contributed by atoms with Crippen LogP contribution >= 0.6 is 0 Å². The highest BCUT2D eigenvalue weighted by Gasteiger charge is 2.19. The molecule has 0 saturated heterocycles. The van der Waals surface area contributed by atoms with E-state index in [1.807, 2.05) is 42.8 Å². The molecular weight excluding hydrogens is 304 g/mol. The first-order valence-electron chi connectivity index (χ1n) is 8.41. The van der Waals surface area contributed by atoms with Gasteiger partial charge in [0.1, 0.15) is 11.9 Å². The third-order valence-corrected chi connectivity index (χ3v) is 4.17. The molecule has 1 aliphatic heterocycles. The molecule has 2 N–H and O–H groups in total. The van der Waals surface area contributed by atoms with Crippen LogP contribution in [0.4, 0.5) is 5.69 Å². The standard InChI is InChI=1S/C18H24N4O2/c1-13-11-21-16-10-15(4-5-17(16)24-13)18(23)14(2)20-6-3-8-22-9-7-19-12-22/h4-5,7,9-10,12-14,20-21H,3,6,8,11H2,1-2H3. The Morgan fingerprint density at radius 3 is 3.21 bits per heavy atom. The van der Waals surface area contributed by atoms with Crippen LogP contribution in [0.3, 0.4) is 0 Å². The summed E-state index contributed by atoms with van der Waals surface area (Å²) in [5.41, 5.74) is 1.60. The van der Waals surface area contributed by atoms with Crippen molar-refractivity contribution in [1.82, 2.24) is 14.9 Å². The molecule has 0 amide bonds. The van der Waals surface area contributed by atoms with Crippen LogP contribution < -0.4 is 15.4 Å². The second-order valence-electron chi connectivity index (χ2n) is 6.21. The van der Waals surface area contributed by atoms with Crippen LogP contribution in [0.15, 0.2) is 36.9 Å². The number of nitrogens with one attached hydrogen (secondary N) is 2. The first kappa shape index (κ1) is 16.5. The van der Waals surface area contributed by atoms with Crippen LogP contribution in [0, 0.1) is 0 Å². The number of hydrogen-bond donors (Lipinski definition) is 2. The number of nitrogens with zero attached hydrogens (tertiary/aromatic N) is 2. The molecule has 2 atom stereocenters. The van der Waals surface area contributed by atoms with Gasteiger partial charge in [-0.2, -0.15) is 0 Å². The Labute approximate surface area is 142 Å². The largest absolute Gasteiger partial charge is 0.487 e. The van der Waals surface area contributed by atoms with E-state index in [2.05, 4.69) is 15.6 Å². The number of aryl methyl sites for hydroxylation is 1. The summed E-state index contributed by atoms with van der Waals surface area (Å²) in [5.74, 6) is 0.909. The maximum Gasteiger partial charge on any atom is 0.179 e. The second-order valence-corrected chi connectivity index (χ2v) is 6.21. The normalized spacial score (nSPS) is 17.5. The van der Waals surface area contributed by atoms with E-state index < -0.39 is 0 Å². The van der Waals surface area contributed by atoms with Crippen molar-refractivity contribution in [2.75, 3.05) is 18.4 Å². The van der Waals surface area contributed by atoms with E-state index in [0.29, 0.717) is 5.56 Å². The van der Waals surface area contributed by atoms with Crippen LogP contribution in [0.25, 0.3) is 0 Å². The van der Waals surface area contributed by atoms with Crippen LogP contribution in [-0.4, -0.2) is 40.6 Å². The molecule has 24 heavy (non-hydrogen) atoms. The Balaban J connectivity index is 1.51. The van der Waals surface area contributed by atoms with Crippen molar-refractivity contribution in [2.24, 2.45) is 0 Å². The van der Waals surface area contributed by atoms with E-state index in [0.717, 1.165) is 37.5 Å². The van der Waals surface area contributed by atoms with Crippen molar-refractivity contribution in [3.8, 4) is 5.75 Å². The molecule has 128 valence electrons. The summed E-state index contributed by atoms with van der Waals surface area (Å²) in [5, 5.41) is 6.60. The minimum atomic E-state index is -0.214. The van der Waals surface area contributed by atoms with Gasteiger partial charge in [-0.25, -0.2) is 4.98 Å². The monoisotopic (exact) mass is 328 g/mol. The molecule has 0 spiro atoms. The van der Waals surface area contributed by atoms with E-state index in [1.54, 1.807) is 12.5 Å². The summed E-state index contributed by atoms with van der Waals surface area (Å²) in [4.78, 5) is 16.6. The summed E-state index contributed by atoms with van der Waals surface area (Å²) < 4.78 is 7.78. The molecule has 0 aliphatic carbocycles. The number of ketones is 1. The van der Waals surface area contributed by atoms with Gasteiger partial charge in [-0.15, -0.1) is 0 Å². The molecule has 2 heterocycles. The van der Waals surface area contributed by atoms with Gasteiger partial charge in [-0.05, 0) is 45.0 Å². The molecule has 0 bridgehead atoms. The Hall–Kier alpha value is -2.34. The smallest absolute Gasteiger partial charge is 0.179 e. The highest BCUT2D eigenvalue weighted by atomic mass is 16.5. The number of fused-ring (bicyclic) bond motifs is 1. The molecule has 6 heteroatoms. The minimum absolute atomic E-state index is 0.0980. The van der Waals surface area contributed by atoms with E-state index in [-0.39, 0.29) is 17.9 Å². The average Bonchev–Trinajstić information content (AvgIpc) is 3.10. The predicted molar refractivity (Wildman–Crippen MR) is 93.7 cm³/mol. The Kier molecular flexibility index (Phi) is 5.15. The molecular formula is C18H24N4O2. The molecule has 1 aliphatic rings. The van der Waals surface area contributed by atoms with Crippen LogP contribution in [0.1, 0.15) is 30.6 Å². The molecule has 0 fully saturated rings. The number of benzene rings is 1. The van der Waals surface area contributed by atoms with Crippen molar-refractivity contribution in [2.45, 2.75) is 39.0 Å². The van der Waals surface area contributed by atoms with Gasteiger partial charge in [0.25, 0.3) is 0 Å². The minimum Gasteiger partial charge on any atom is -0.487 e. The summed E-state index contributed by atoms with van der Waals surface area (Å²) >= 11 is 0. The van der Waals surface area contributed by atoms with E-state index >= 15 is 0 Å². The average molecular weight is 328 g/mol. The first-order chi connectivity index (χ1) is 11.6. The maximum absolute atomic E-state index is 12.6. The zero-order chi connectivity index (χ0) is 16.9. The predicted octanol–water partition coefficient (Wildman–Crippen LogP) is 2.33. The lowest BCUT2D eigenvalue weighted by atomic mass is 10.0. The number of hydrogen-bond acceptors (Lipinski definition) is 5. The van der Waals surface area contributed by atoms with Crippen LogP contribution in [0.2, 0.25) is 0 Å². The first-order valence-corrected chi connectivity index (χ1v) is 8.41. The van der Waals surface area contributed by atoms with Gasteiger partial charge >= 0.3 is 0 Å². The summed E-state index contributed by atoms with van der Waals surface area (Å²) in [6.07, 6.45) is 6.62. The lowest BCUT2D eigenvalue weighted by molar-refractivity contribution is 0.0951. The van der Waals surface area contributed by atoms with Gasteiger partial charge in [0.15, 0.2) is 5.78 Å². The van der Waals surface area contributed by atoms with Crippen LogP contribution in [-0.2, 0) is 6.54 Å². The fraction of sp³-hybridized carbons (Fsp3) is 0.444. The van der Waals surface area contributed by atoms with Gasteiger partial charge in [-0.3, -0.25) is 4.79 Å². The molecule has 6 nitrogen and oxygen atoms in total. The van der Waals surface area contributed by atoms with Gasteiger partial charge in [0.05, 0.1) is 24.6 Å². The fourth-order valence-electron chi connectivity index (χ4n) is 2.78. The molecule has 0 saturated carbocycles. The number of aromatic nitrogens is 2. The Morgan fingerprint density at radius 1 is 1.54 bits per heavy atom. The lowest BCUT2D eigenvalue weighted by Crippen LogP contribution is -2.35. The highest BCUT2D eigenvalue weighted by molar-refractivity contribution is 6.01. The summed E-state index contributed by atoms with van der Waals surface area (Å²) in [6, 6.07) is 5.38. The Bertz CT molecular complexity index is 684. The Morgan fingerprint density at radius 2 is 2.42 bits per heavy atom. The number of ether oxygens (including phenoxy) is 1. The number of imidazole rings is 1. The van der Waals surface area contributed by atoms with Crippen LogP contribution in [0.5, 0.6) is 5.75 Å². The SMILES string of the molecule is CC1CNc2cc(C(=O)C(C)NCCCn3ccnc3)ccc2O1. The second kappa shape index (κ2) is 7.49. The van der Waals surface area contributed by atoms with Crippen molar-refractivity contribution in [3.05, 3.63) is 42.5 Å². The maximum atomic E-state index is 12.6. The lowest BCUT2D eigenvalue weighted by Gasteiger charge is -2.25. The molecule has 2 aromatic rings. The van der Waals surface area contributed by atoms with Gasteiger partial charge in [-0.1, -0.05) is 0 Å². The number of carbonyl (C=O) groups excluding carboxylic acids is 1. The zero-order valence-corrected chi connectivity index (χ0v) is 14.2. The molecule has 2 unspecified atom stereocenters. The topological polar surface area (TPSA) is 68.2 Å². The van der Waals surface area contributed by atoms with E-state index in [1.165, 1.54) is 0 Å². The summed E-state index contributed by atoms with van der Waals surface area (Å²) in [7, 11) is 0. The zero-order valence-electron chi connectivity index (χ0n) is 14.2. The highest BCUT2D eigenvalue weighted by Crippen LogP contribution is 2.30. The van der Waals surface area contributed by atoms with Gasteiger partial charge in [0, 0.05) is 24.5 Å². The number of Topliss-reactive ketones (excluding diaryl/α,β-unsaturated/α-hetero) is 1. The molecule has 3 rings (SSSR count). The van der Waals surface area contributed by atoms with Crippen molar-refractivity contribution in [3.63, 3.8) is 0 Å². The van der Waals surface area contributed by atoms with E-state index in [4.69, 9.17) is 4.74 Å². The van der Waals surface area contributed by atoms with Gasteiger partial charge < -0.3 is 19.9 Å². The third-order valence-electron chi connectivity index (χ3n) is 4.17. The quantitative estimate of drug-likeness (QED) is 0.603. The number of rotatable bonds is 7. The number of anilines is 1. The van der Waals surface area contributed by atoms with E-state index in [9.17, 15) is 4.79 Å². The fourth-order valence-corrected chi connectivity index (χ4v) is 2.78.